The van der Waals surface area contributed by atoms with E-state index in [1.165, 1.54) is 4.88 Å². The summed E-state index contributed by atoms with van der Waals surface area (Å²) in [6.07, 6.45) is 0.688. The van der Waals surface area contributed by atoms with Gasteiger partial charge in [-0.15, -0.1) is 11.3 Å². The fourth-order valence-corrected chi connectivity index (χ4v) is 2.35. The number of nitrogens with two attached hydrogens (primary N) is 1. The van der Waals surface area contributed by atoms with E-state index in [4.69, 9.17) is 5.73 Å². The molecule has 0 bridgehead atoms. The maximum Gasteiger partial charge on any atom is 0.131 e. The van der Waals surface area contributed by atoms with Crippen LogP contribution in [0.4, 0.5) is 0 Å². The summed E-state index contributed by atoms with van der Waals surface area (Å²) in [6.45, 7) is 5.97. The number of rotatable bonds is 3. The zero-order valence-corrected chi connectivity index (χ0v) is 11.2. The fourth-order valence-electron chi connectivity index (χ4n) is 1.67. The maximum atomic E-state index is 6.01. The molecule has 4 heteroatoms. The Kier molecular flexibility index (Phi) is 3.26. The van der Waals surface area contributed by atoms with E-state index in [2.05, 4.69) is 21.4 Å². The predicted octanol–water partition coefficient (Wildman–Crippen LogP) is 2.79. The van der Waals surface area contributed by atoms with Crippen LogP contribution in [0.3, 0.4) is 0 Å². The van der Waals surface area contributed by atoms with Gasteiger partial charge in [0.15, 0.2) is 0 Å². The van der Waals surface area contributed by atoms with Crippen molar-refractivity contribution in [1.29, 1.82) is 0 Å². The van der Waals surface area contributed by atoms with Crippen molar-refractivity contribution in [3.63, 3.8) is 0 Å². The second-order valence-electron chi connectivity index (χ2n) is 4.95. The first-order valence-electron chi connectivity index (χ1n) is 5.61. The van der Waals surface area contributed by atoms with Crippen molar-refractivity contribution in [2.45, 2.75) is 32.7 Å². The Balaban J connectivity index is 2.36. The molecule has 2 aromatic rings. The van der Waals surface area contributed by atoms with E-state index < -0.39 is 0 Å². The molecule has 0 radical (unpaired) electrons. The fraction of sp³-hybridized carbons (Fsp3) is 0.385. The summed E-state index contributed by atoms with van der Waals surface area (Å²) < 4.78 is 0. The lowest BCUT2D eigenvalue weighted by Gasteiger charge is -2.17. The predicted molar refractivity (Wildman–Crippen MR) is 72.1 cm³/mol. The summed E-state index contributed by atoms with van der Waals surface area (Å²) in [5, 5.41) is 2.05. The lowest BCUT2D eigenvalue weighted by molar-refractivity contribution is 0.502. The van der Waals surface area contributed by atoms with Gasteiger partial charge in [-0.25, -0.2) is 9.97 Å². The summed E-state index contributed by atoms with van der Waals surface area (Å²) in [4.78, 5) is 10.2. The zero-order chi connectivity index (χ0) is 12.5. The quantitative estimate of drug-likeness (QED) is 0.907. The van der Waals surface area contributed by atoms with Gasteiger partial charge in [0.05, 0.1) is 10.6 Å². The second kappa shape index (κ2) is 4.55. The van der Waals surface area contributed by atoms with Crippen molar-refractivity contribution in [1.82, 2.24) is 9.97 Å². The average Bonchev–Trinajstić information content (AvgIpc) is 2.65. The molecule has 0 saturated heterocycles. The number of hydrogen-bond donors (Lipinski definition) is 1. The number of hydrogen-bond acceptors (Lipinski definition) is 4. The van der Waals surface area contributed by atoms with Crippen molar-refractivity contribution >= 4 is 11.3 Å². The van der Waals surface area contributed by atoms with Crippen LogP contribution < -0.4 is 5.73 Å². The summed E-state index contributed by atoms with van der Waals surface area (Å²) in [6, 6.07) is 6.12. The van der Waals surface area contributed by atoms with Crippen molar-refractivity contribution < 1.29 is 0 Å². The molecular formula is C13H17N3S. The van der Waals surface area contributed by atoms with E-state index in [1.807, 2.05) is 32.9 Å². The molecule has 3 nitrogen and oxygen atoms in total. The Bertz CT molecular complexity index is 498. The van der Waals surface area contributed by atoms with Gasteiger partial charge >= 0.3 is 0 Å². The molecule has 2 heterocycles. The van der Waals surface area contributed by atoms with Crippen LogP contribution >= 0.6 is 11.3 Å². The summed E-state index contributed by atoms with van der Waals surface area (Å²) in [5.41, 5.74) is 7.71. The molecule has 0 amide bonds. The second-order valence-corrected chi connectivity index (χ2v) is 5.90. The Morgan fingerprint density at radius 1 is 1.35 bits per heavy atom. The zero-order valence-electron chi connectivity index (χ0n) is 10.4. The number of thiophene rings is 1. The van der Waals surface area contributed by atoms with E-state index in [0.29, 0.717) is 6.42 Å². The minimum Gasteiger partial charge on any atom is -0.325 e. The van der Waals surface area contributed by atoms with E-state index in [1.54, 1.807) is 11.3 Å². The maximum absolute atomic E-state index is 6.01. The molecule has 0 unspecified atom stereocenters. The summed E-state index contributed by atoms with van der Waals surface area (Å²) in [5.74, 6) is 0.820. The van der Waals surface area contributed by atoms with E-state index in [9.17, 15) is 0 Å². The van der Waals surface area contributed by atoms with Gasteiger partial charge in [-0.05, 0) is 38.3 Å². The minimum absolute atomic E-state index is 0.277. The Hall–Kier alpha value is -1.26. The SMILES string of the molecule is Cc1cc(-c2cccs2)nc(CC(C)(C)N)n1. The first-order chi connectivity index (χ1) is 7.94. The average molecular weight is 247 g/mol. The first-order valence-corrected chi connectivity index (χ1v) is 6.49. The highest BCUT2D eigenvalue weighted by atomic mass is 32.1. The van der Waals surface area contributed by atoms with Crippen LogP contribution in [0.5, 0.6) is 0 Å². The molecule has 2 rings (SSSR count). The van der Waals surface area contributed by atoms with Gasteiger partial charge in [-0.3, -0.25) is 0 Å². The molecule has 0 aliphatic carbocycles. The minimum atomic E-state index is -0.277. The molecule has 17 heavy (non-hydrogen) atoms. The van der Waals surface area contributed by atoms with Crippen molar-refractivity contribution in [2.24, 2.45) is 5.73 Å². The van der Waals surface area contributed by atoms with Crippen LogP contribution in [0.1, 0.15) is 25.4 Å². The van der Waals surface area contributed by atoms with Gasteiger partial charge in [-0.2, -0.15) is 0 Å². The standard InChI is InChI=1S/C13H17N3S/c1-9-7-10(11-5-4-6-17-11)16-12(15-9)8-13(2,3)14/h4-7H,8,14H2,1-3H3. The first kappa shape index (κ1) is 12.2. The van der Waals surface area contributed by atoms with Gasteiger partial charge in [0.25, 0.3) is 0 Å². The monoisotopic (exact) mass is 247 g/mol. The highest BCUT2D eigenvalue weighted by Crippen LogP contribution is 2.23. The molecule has 2 aromatic heterocycles. The third-order valence-electron chi connectivity index (χ3n) is 2.29. The van der Waals surface area contributed by atoms with Crippen LogP contribution in [-0.4, -0.2) is 15.5 Å². The van der Waals surface area contributed by atoms with Crippen molar-refractivity contribution in [3.8, 4) is 10.6 Å². The topological polar surface area (TPSA) is 51.8 Å². The molecule has 0 fully saturated rings. The van der Waals surface area contributed by atoms with Crippen LogP contribution in [0.25, 0.3) is 10.6 Å². The smallest absolute Gasteiger partial charge is 0.131 e. The lowest BCUT2D eigenvalue weighted by Crippen LogP contribution is -2.35. The molecule has 0 aromatic carbocycles. The third-order valence-corrected chi connectivity index (χ3v) is 3.18. The van der Waals surface area contributed by atoms with Crippen molar-refractivity contribution in [3.05, 3.63) is 35.1 Å². The van der Waals surface area contributed by atoms with Gasteiger partial charge in [0.1, 0.15) is 5.82 Å². The van der Waals surface area contributed by atoms with E-state index in [0.717, 1.165) is 17.2 Å². The molecule has 0 saturated carbocycles. The summed E-state index contributed by atoms with van der Waals surface area (Å²) in [7, 11) is 0. The number of aromatic nitrogens is 2. The van der Waals surface area contributed by atoms with Crippen LogP contribution in [0.15, 0.2) is 23.6 Å². The number of nitrogens with zero attached hydrogens (tertiary/aromatic N) is 2. The molecular weight excluding hydrogens is 230 g/mol. The van der Waals surface area contributed by atoms with Crippen LogP contribution in [0, 0.1) is 6.92 Å². The van der Waals surface area contributed by atoms with Crippen molar-refractivity contribution in [2.75, 3.05) is 0 Å². The van der Waals surface area contributed by atoms with Gasteiger partial charge < -0.3 is 5.73 Å². The summed E-state index contributed by atoms with van der Waals surface area (Å²) >= 11 is 1.69. The number of aryl methyl sites for hydroxylation is 1. The van der Waals surface area contributed by atoms with Gasteiger partial charge in [-0.1, -0.05) is 6.07 Å². The molecule has 0 aliphatic heterocycles. The molecule has 2 N–H and O–H groups in total. The van der Waals surface area contributed by atoms with Crippen LogP contribution in [0.2, 0.25) is 0 Å². The lowest BCUT2D eigenvalue weighted by atomic mass is 10.0. The third kappa shape index (κ3) is 3.35. The highest BCUT2D eigenvalue weighted by Gasteiger charge is 2.15. The molecule has 0 atom stereocenters. The Morgan fingerprint density at radius 3 is 2.71 bits per heavy atom. The molecule has 0 spiro atoms. The van der Waals surface area contributed by atoms with Gasteiger partial charge in [0, 0.05) is 17.7 Å². The Labute approximate surface area is 106 Å². The largest absolute Gasteiger partial charge is 0.325 e. The normalized spacial score (nSPS) is 11.8. The Morgan fingerprint density at radius 2 is 2.12 bits per heavy atom. The van der Waals surface area contributed by atoms with Gasteiger partial charge in [0.2, 0.25) is 0 Å². The molecule has 0 aliphatic rings. The highest BCUT2D eigenvalue weighted by molar-refractivity contribution is 7.13. The molecule has 90 valence electrons. The van der Waals surface area contributed by atoms with E-state index in [-0.39, 0.29) is 5.54 Å². The van der Waals surface area contributed by atoms with E-state index >= 15 is 0 Å². The van der Waals surface area contributed by atoms with Crippen LogP contribution in [-0.2, 0) is 6.42 Å².